The molecule has 22 heavy (non-hydrogen) atoms. The summed E-state index contributed by atoms with van der Waals surface area (Å²) in [5, 5.41) is 5.96. The Kier molecular flexibility index (Phi) is 4.75. The lowest BCUT2D eigenvalue weighted by molar-refractivity contribution is 0.0914. The highest BCUT2D eigenvalue weighted by molar-refractivity contribution is 5.93. The second kappa shape index (κ2) is 6.56. The van der Waals surface area contributed by atoms with Crippen molar-refractivity contribution >= 4 is 11.6 Å². The van der Waals surface area contributed by atoms with Crippen LogP contribution in [0.2, 0.25) is 0 Å². The number of benzene rings is 1. The quantitative estimate of drug-likeness (QED) is 0.910. The average Bonchev–Trinajstić information content (AvgIpc) is 2.45. The highest BCUT2D eigenvalue weighted by Crippen LogP contribution is 2.13. The van der Waals surface area contributed by atoms with E-state index in [0.717, 1.165) is 5.69 Å². The van der Waals surface area contributed by atoms with Gasteiger partial charge in [0.25, 0.3) is 5.91 Å². The Balaban J connectivity index is 2.06. The second-order valence-corrected chi connectivity index (χ2v) is 6.08. The molecule has 4 nitrogen and oxygen atoms in total. The van der Waals surface area contributed by atoms with Crippen LogP contribution >= 0.6 is 0 Å². The lowest BCUT2D eigenvalue weighted by atomic mass is 10.1. The molecule has 0 aliphatic rings. The van der Waals surface area contributed by atoms with Crippen LogP contribution in [0.25, 0.3) is 0 Å². The Morgan fingerprint density at radius 2 is 1.95 bits per heavy atom. The Labute approximate surface area is 129 Å². The molecule has 2 aromatic rings. The standard InChI is InChI=1S/C17H20FN3O/c1-17(2,3)21-16(22)15-10-13(8-9-19-15)20-11-12-6-4-5-7-14(12)18/h4-10H,11H2,1-3H3,(H,19,20)(H,21,22). The number of hydrogen-bond donors (Lipinski definition) is 2. The van der Waals surface area contributed by atoms with E-state index >= 15 is 0 Å². The van der Waals surface area contributed by atoms with E-state index in [2.05, 4.69) is 15.6 Å². The fourth-order valence-electron chi connectivity index (χ4n) is 1.91. The first-order chi connectivity index (χ1) is 10.3. The molecule has 1 aromatic carbocycles. The number of hydrogen-bond acceptors (Lipinski definition) is 3. The molecule has 0 unspecified atom stereocenters. The number of carbonyl (C=O) groups is 1. The maximum Gasteiger partial charge on any atom is 0.270 e. The van der Waals surface area contributed by atoms with Crippen LogP contribution in [0, 0.1) is 5.82 Å². The van der Waals surface area contributed by atoms with Crippen LogP contribution in [-0.2, 0) is 6.54 Å². The van der Waals surface area contributed by atoms with Crippen molar-refractivity contribution in [2.24, 2.45) is 0 Å². The number of pyridine rings is 1. The normalized spacial score (nSPS) is 11.1. The number of amides is 1. The smallest absolute Gasteiger partial charge is 0.270 e. The van der Waals surface area contributed by atoms with Crippen LogP contribution in [0.1, 0.15) is 36.8 Å². The van der Waals surface area contributed by atoms with E-state index in [9.17, 15) is 9.18 Å². The van der Waals surface area contributed by atoms with Gasteiger partial charge in [0.2, 0.25) is 0 Å². The van der Waals surface area contributed by atoms with Gasteiger partial charge < -0.3 is 10.6 Å². The van der Waals surface area contributed by atoms with Gasteiger partial charge in [-0.05, 0) is 39.0 Å². The Bertz CT molecular complexity index is 665. The summed E-state index contributed by atoms with van der Waals surface area (Å²) in [5.74, 6) is -0.489. The van der Waals surface area contributed by atoms with E-state index in [1.165, 1.54) is 6.07 Å². The van der Waals surface area contributed by atoms with E-state index in [1.807, 2.05) is 20.8 Å². The molecule has 116 valence electrons. The van der Waals surface area contributed by atoms with E-state index in [-0.39, 0.29) is 17.3 Å². The highest BCUT2D eigenvalue weighted by Gasteiger charge is 2.16. The molecule has 0 fully saturated rings. The minimum absolute atomic E-state index is 0.234. The summed E-state index contributed by atoms with van der Waals surface area (Å²) < 4.78 is 13.6. The Morgan fingerprint density at radius 3 is 2.64 bits per heavy atom. The monoisotopic (exact) mass is 301 g/mol. The first-order valence-corrected chi connectivity index (χ1v) is 7.11. The summed E-state index contributed by atoms with van der Waals surface area (Å²) in [4.78, 5) is 16.1. The van der Waals surface area contributed by atoms with Crippen LogP contribution in [-0.4, -0.2) is 16.4 Å². The number of nitrogens with zero attached hydrogens (tertiary/aromatic N) is 1. The van der Waals surface area contributed by atoms with Crippen molar-refractivity contribution in [3.05, 3.63) is 59.7 Å². The third kappa shape index (κ3) is 4.55. The Morgan fingerprint density at radius 1 is 1.23 bits per heavy atom. The molecule has 0 aliphatic heterocycles. The van der Waals surface area contributed by atoms with Crippen molar-refractivity contribution in [1.29, 1.82) is 0 Å². The number of carbonyl (C=O) groups excluding carboxylic acids is 1. The summed E-state index contributed by atoms with van der Waals surface area (Å²) in [6.07, 6.45) is 1.56. The van der Waals surface area contributed by atoms with Crippen LogP contribution in [0.15, 0.2) is 42.6 Å². The number of nitrogens with one attached hydrogen (secondary N) is 2. The molecular weight excluding hydrogens is 281 g/mol. The maximum absolute atomic E-state index is 13.6. The summed E-state index contributed by atoms with van der Waals surface area (Å²) in [6, 6.07) is 9.98. The molecular formula is C17H20FN3O. The van der Waals surface area contributed by atoms with Gasteiger partial charge in [0.15, 0.2) is 0 Å². The minimum atomic E-state index is -0.324. The molecule has 2 rings (SSSR count). The van der Waals surface area contributed by atoms with Gasteiger partial charge >= 0.3 is 0 Å². The molecule has 1 heterocycles. The fourth-order valence-corrected chi connectivity index (χ4v) is 1.91. The first kappa shape index (κ1) is 15.9. The average molecular weight is 301 g/mol. The van der Waals surface area contributed by atoms with Crippen molar-refractivity contribution in [3.63, 3.8) is 0 Å². The number of rotatable bonds is 4. The topological polar surface area (TPSA) is 54.0 Å². The van der Waals surface area contributed by atoms with Gasteiger partial charge in [0.05, 0.1) is 0 Å². The molecule has 0 saturated carbocycles. The summed E-state index contributed by atoms with van der Waals surface area (Å²) in [7, 11) is 0. The molecule has 2 N–H and O–H groups in total. The predicted octanol–water partition coefficient (Wildman–Crippen LogP) is 3.36. The third-order valence-corrected chi connectivity index (χ3v) is 2.92. The molecule has 1 aromatic heterocycles. The zero-order chi connectivity index (χ0) is 16.2. The molecule has 5 heteroatoms. The van der Waals surface area contributed by atoms with Gasteiger partial charge in [-0.2, -0.15) is 0 Å². The van der Waals surface area contributed by atoms with Gasteiger partial charge in [0, 0.05) is 29.5 Å². The number of halogens is 1. The van der Waals surface area contributed by atoms with Crippen LogP contribution in [0.5, 0.6) is 0 Å². The van der Waals surface area contributed by atoms with E-state index in [0.29, 0.717) is 17.8 Å². The molecule has 0 saturated heterocycles. The van der Waals surface area contributed by atoms with Crippen molar-refractivity contribution in [1.82, 2.24) is 10.3 Å². The van der Waals surface area contributed by atoms with E-state index in [4.69, 9.17) is 0 Å². The first-order valence-electron chi connectivity index (χ1n) is 7.11. The van der Waals surface area contributed by atoms with Crippen molar-refractivity contribution < 1.29 is 9.18 Å². The largest absolute Gasteiger partial charge is 0.381 e. The molecule has 0 atom stereocenters. The zero-order valence-corrected chi connectivity index (χ0v) is 13.0. The van der Waals surface area contributed by atoms with Gasteiger partial charge in [0.1, 0.15) is 11.5 Å². The van der Waals surface area contributed by atoms with E-state index < -0.39 is 0 Å². The zero-order valence-electron chi connectivity index (χ0n) is 13.0. The molecule has 0 aliphatic carbocycles. The number of aromatic nitrogens is 1. The van der Waals surface area contributed by atoms with Gasteiger partial charge in [-0.15, -0.1) is 0 Å². The molecule has 1 amide bonds. The SMILES string of the molecule is CC(C)(C)NC(=O)c1cc(NCc2ccccc2F)ccn1. The minimum Gasteiger partial charge on any atom is -0.381 e. The van der Waals surface area contributed by atoms with Crippen molar-refractivity contribution in [3.8, 4) is 0 Å². The highest BCUT2D eigenvalue weighted by atomic mass is 19.1. The van der Waals surface area contributed by atoms with Crippen LogP contribution in [0.3, 0.4) is 0 Å². The summed E-state index contributed by atoms with van der Waals surface area (Å²) in [6.45, 7) is 6.07. The second-order valence-electron chi connectivity index (χ2n) is 6.08. The molecule has 0 radical (unpaired) electrons. The van der Waals surface area contributed by atoms with Crippen LogP contribution < -0.4 is 10.6 Å². The lowest BCUT2D eigenvalue weighted by Gasteiger charge is -2.20. The van der Waals surface area contributed by atoms with Crippen molar-refractivity contribution in [2.75, 3.05) is 5.32 Å². The number of anilines is 1. The summed E-state index contributed by atoms with van der Waals surface area (Å²) >= 11 is 0. The van der Waals surface area contributed by atoms with Crippen molar-refractivity contribution in [2.45, 2.75) is 32.9 Å². The molecule has 0 bridgehead atoms. The van der Waals surface area contributed by atoms with Gasteiger partial charge in [-0.3, -0.25) is 9.78 Å². The van der Waals surface area contributed by atoms with Gasteiger partial charge in [-0.1, -0.05) is 18.2 Å². The predicted molar refractivity (Wildman–Crippen MR) is 85.2 cm³/mol. The third-order valence-electron chi connectivity index (χ3n) is 2.92. The van der Waals surface area contributed by atoms with Crippen LogP contribution in [0.4, 0.5) is 10.1 Å². The lowest BCUT2D eigenvalue weighted by Crippen LogP contribution is -2.40. The van der Waals surface area contributed by atoms with Gasteiger partial charge in [-0.25, -0.2) is 4.39 Å². The molecule has 0 spiro atoms. The Hall–Kier alpha value is -2.43. The fraction of sp³-hybridized carbons (Fsp3) is 0.294. The maximum atomic E-state index is 13.6. The van der Waals surface area contributed by atoms with E-state index in [1.54, 1.807) is 36.5 Å². The summed E-state index contributed by atoms with van der Waals surface area (Å²) in [5.41, 5.74) is 1.29.